The largest absolute Gasteiger partial charge is 0.507 e. The summed E-state index contributed by atoms with van der Waals surface area (Å²) in [4.78, 5) is 29.0. The Morgan fingerprint density at radius 2 is 1.34 bits per heavy atom. The molecule has 160 valence electrons. The number of nitrogens with zero attached hydrogens (tertiary/aromatic N) is 1. The van der Waals surface area contributed by atoms with Crippen molar-refractivity contribution in [2.24, 2.45) is 0 Å². The lowest BCUT2D eigenvalue weighted by molar-refractivity contribution is 0.0972. The van der Waals surface area contributed by atoms with Crippen LogP contribution < -0.4 is 4.90 Å². The van der Waals surface area contributed by atoms with Crippen LogP contribution in [0.25, 0.3) is 11.8 Å². The van der Waals surface area contributed by atoms with Gasteiger partial charge in [0.25, 0.3) is 0 Å². The predicted octanol–water partition coefficient (Wildman–Crippen LogP) is 5.96. The van der Waals surface area contributed by atoms with Crippen LogP contribution in [0.15, 0.2) is 90.0 Å². The molecule has 0 amide bonds. The first-order valence-corrected chi connectivity index (χ1v) is 10.8. The molecule has 4 nitrogen and oxygen atoms in total. The highest BCUT2D eigenvalue weighted by molar-refractivity contribution is 6.34. The summed E-state index contributed by atoms with van der Waals surface area (Å²) in [5.74, 6) is -0.817. The fourth-order valence-electron chi connectivity index (χ4n) is 4.04. The molecule has 4 rings (SSSR count). The number of carbonyl (C=O) groups is 2. The van der Waals surface area contributed by atoms with Crippen molar-refractivity contribution in [3.63, 3.8) is 0 Å². The summed E-state index contributed by atoms with van der Waals surface area (Å²) in [6.07, 6.45) is 1.69. The number of aliphatic hydroxyl groups is 1. The minimum atomic E-state index is -0.354. The topological polar surface area (TPSA) is 57.6 Å². The second kappa shape index (κ2) is 9.06. The van der Waals surface area contributed by atoms with Crippen LogP contribution in [0.2, 0.25) is 0 Å². The fourth-order valence-corrected chi connectivity index (χ4v) is 4.04. The number of rotatable bonds is 5. The molecule has 3 aromatic carbocycles. The van der Waals surface area contributed by atoms with Crippen LogP contribution in [0.3, 0.4) is 0 Å². The average Bonchev–Trinajstić information content (AvgIpc) is 2.84. The first-order valence-electron chi connectivity index (χ1n) is 10.8. The van der Waals surface area contributed by atoms with Gasteiger partial charge in [0.1, 0.15) is 5.76 Å². The summed E-state index contributed by atoms with van der Waals surface area (Å²) < 4.78 is 0. The molecule has 0 aliphatic heterocycles. The Balaban J connectivity index is 1.87. The monoisotopic (exact) mass is 423 g/mol. The molecule has 0 heterocycles. The fraction of sp³-hybridized carbons (Fsp3) is 0.143. The minimum Gasteiger partial charge on any atom is -0.507 e. The zero-order chi connectivity index (χ0) is 22.7. The van der Waals surface area contributed by atoms with Gasteiger partial charge in [0, 0.05) is 41.0 Å². The minimum absolute atomic E-state index is 0.0349. The molecule has 0 bridgehead atoms. The molecule has 1 aliphatic rings. The standard InChI is InChI=1S/C28H25NO3/c1-3-29(4-2)21-16-14-19(15-17-21)18-24-25(26(30)20-10-6-5-7-11-20)28(32)23-13-9-8-12-22(23)27(24)31/h5-18,30H,3-4H2,1-2H3/b24-18-,26-25-. The third kappa shape index (κ3) is 3.87. The van der Waals surface area contributed by atoms with Crippen molar-refractivity contribution in [3.05, 3.63) is 112 Å². The quantitative estimate of drug-likeness (QED) is 0.406. The number of hydrogen-bond acceptors (Lipinski definition) is 4. The highest BCUT2D eigenvalue weighted by Crippen LogP contribution is 2.35. The Labute approximate surface area is 188 Å². The molecule has 0 aromatic heterocycles. The van der Waals surface area contributed by atoms with E-state index in [4.69, 9.17) is 0 Å². The average molecular weight is 424 g/mol. The van der Waals surface area contributed by atoms with Gasteiger partial charge >= 0.3 is 0 Å². The van der Waals surface area contributed by atoms with E-state index in [-0.39, 0.29) is 28.5 Å². The first kappa shape index (κ1) is 21.3. The van der Waals surface area contributed by atoms with E-state index in [1.165, 1.54) is 0 Å². The molecule has 0 unspecified atom stereocenters. The van der Waals surface area contributed by atoms with Gasteiger partial charge in [-0.25, -0.2) is 0 Å². The number of ketones is 2. The highest BCUT2D eigenvalue weighted by atomic mass is 16.3. The van der Waals surface area contributed by atoms with Crippen LogP contribution in [-0.4, -0.2) is 29.8 Å². The third-order valence-electron chi connectivity index (χ3n) is 5.77. The van der Waals surface area contributed by atoms with Gasteiger partial charge < -0.3 is 10.0 Å². The van der Waals surface area contributed by atoms with E-state index in [1.807, 2.05) is 30.3 Å². The van der Waals surface area contributed by atoms with Crippen LogP contribution in [0.5, 0.6) is 0 Å². The lowest BCUT2D eigenvalue weighted by atomic mass is 9.80. The van der Waals surface area contributed by atoms with Crippen molar-refractivity contribution in [1.82, 2.24) is 0 Å². The maximum atomic E-state index is 13.4. The smallest absolute Gasteiger partial charge is 0.198 e. The van der Waals surface area contributed by atoms with Crippen molar-refractivity contribution >= 4 is 29.1 Å². The molecule has 0 spiro atoms. The number of anilines is 1. The summed E-state index contributed by atoms with van der Waals surface area (Å²) in [5.41, 5.74) is 3.27. The molecule has 0 saturated carbocycles. The lowest BCUT2D eigenvalue weighted by Gasteiger charge is -2.22. The second-order valence-electron chi connectivity index (χ2n) is 7.62. The van der Waals surface area contributed by atoms with Crippen LogP contribution >= 0.6 is 0 Å². The molecule has 1 N–H and O–H groups in total. The number of Topliss-reactive ketones (excluding diaryl/α,β-unsaturated/α-hetero) is 2. The highest BCUT2D eigenvalue weighted by Gasteiger charge is 2.35. The number of benzene rings is 3. The summed E-state index contributed by atoms with van der Waals surface area (Å²) in [5, 5.41) is 11.0. The maximum Gasteiger partial charge on any atom is 0.198 e. The van der Waals surface area contributed by atoms with Gasteiger partial charge in [-0.05, 0) is 37.6 Å². The molecular formula is C28H25NO3. The Morgan fingerprint density at radius 3 is 1.94 bits per heavy atom. The molecule has 0 atom stereocenters. The number of fused-ring (bicyclic) bond motifs is 1. The van der Waals surface area contributed by atoms with E-state index in [0.29, 0.717) is 16.7 Å². The van der Waals surface area contributed by atoms with Crippen molar-refractivity contribution in [3.8, 4) is 0 Å². The molecule has 4 heteroatoms. The van der Waals surface area contributed by atoms with Gasteiger partial charge in [-0.3, -0.25) is 9.59 Å². The number of aliphatic hydroxyl groups excluding tert-OH is 1. The van der Waals surface area contributed by atoms with Crippen molar-refractivity contribution in [2.45, 2.75) is 13.8 Å². The molecular weight excluding hydrogens is 398 g/mol. The van der Waals surface area contributed by atoms with Gasteiger partial charge in [-0.15, -0.1) is 0 Å². The molecule has 0 radical (unpaired) electrons. The summed E-state index contributed by atoms with van der Waals surface area (Å²) in [7, 11) is 0. The van der Waals surface area contributed by atoms with Gasteiger partial charge in [0.2, 0.25) is 0 Å². The number of hydrogen-bond donors (Lipinski definition) is 1. The zero-order valence-corrected chi connectivity index (χ0v) is 18.2. The van der Waals surface area contributed by atoms with Gasteiger partial charge in [0.05, 0.1) is 5.57 Å². The van der Waals surface area contributed by atoms with Crippen molar-refractivity contribution in [2.75, 3.05) is 18.0 Å². The molecule has 0 saturated heterocycles. The molecule has 3 aromatic rings. The van der Waals surface area contributed by atoms with E-state index in [2.05, 4.69) is 18.7 Å². The maximum absolute atomic E-state index is 13.4. The Bertz CT molecular complexity index is 1220. The van der Waals surface area contributed by atoms with Crippen LogP contribution in [-0.2, 0) is 0 Å². The Hall–Kier alpha value is -3.92. The molecule has 1 aliphatic carbocycles. The predicted molar refractivity (Wildman–Crippen MR) is 129 cm³/mol. The van der Waals surface area contributed by atoms with Crippen LogP contribution in [0.4, 0.5) is 5.69 Å². The zero-order valence-electron chi connectivity index (χ0n) is 18.2. The number of allylic oxidation sites excluding steroid dienone is 2. The van der Waals surface area contributed by atoms with E-state index >= 15 is 0 Å². The van der Waals surface area contributed by atoms with E-state index < -0.39 is 0 Å². The first-order chi connectivity index (χ1) is 15.5. The SMILES string of the molecule is CCN(CC)c1ccc(/C=C2\C(=O)c3ccccc3C(=O)\C2=C(/O)c2ccccc2)cc1. The van der Waals surface area contributed by atoms with Crippen LogP contribution in [0, 0.1) is 0 Å². The second-order valence-corrected chi connectivity index (χ2v) is 7.62. The number of carbonyl (C=O) groups excluding carboxylic acids is 2. The van der Waals surface area contributed by atoms with E-state index in [0.717, 1.165) is 24.3 Å². The molecule has 32 heavy (non-hydrogen) atoms. The summed E-state index contributed by atoms with van der Waals surface area (Å²) >= 11 is 0. The van der Waals surface area contributed by atoms with Crippen molar-refractivity contribution in [1.29, 1.82) is 0 Å². The lowest BCUT2D eigenvalue weighted by Crippen LogP contribution is -2.24. The Morgan fingerprint density at radius 1 is 0.781 bits per heavy atom. The van der Waals surface area contributed by atoms with Gasteiger partial charge in [-0.2, -0.15) is 0 Å². The third-order valence-corrected chi connectivity index (χ3v) is 5.77. The Kier molecular flexibility index (Phi) is 6.04. The normalized spacial score (nSPS) is 16.1. The van der Waals surface area contributed by atoms with Crippen LogP contribution in [0.1, 0.15) is 45.7 Å². The summed E-state index contributed by atoms with van der Waals surface area (Å²) in [6.45, 7) is 6.01. The van der Waals surface area contributed by atoms with E-state index in [9.17, 15) is 14.7 Å². The van der Waals surface area contributed by atoms with Gasteiger partial charge in [-0.1, -0.05) is 66.7 Å². The van der Waals surface area contributed by atoms with E-state index in [1.54, 1.807) is 54.6 Å². The van der Waals surface area contributed by atoms with Crippen molar-refractivity contribution < 1.29 is 14.7 Å². The van der Waals surface area contributed by atoms with Gasteiger partial charge in [0.15, 0.2) is 11.6 Å². The molecule has 0 fully saturated rings. The summed E-state index contributed by atoms with van der Waals surface area (Å²) in [6, 6.07) is 23.4.